The van der Waals surface area contributed by atoms with E-state index in [-0.39, 0.29) is 51.4 Å². The molecule has 2 atom stereocenters. The van der Waals surface area contributed by atoms with E-state index in [1.54, 1.807) is 37.3 Å². The first-order chi connectivity index (χ1) is 19.7. The summed E-state index contributed by atoms with van der Waals surface area (Å²) in [5.41, 5.74) is 2.01. The number of carbonyl (C=O) groups is 2. The van der Waals surface area contributed by atoms with Gasteiger partial charge >= 0.3 is 0 Å². The number of halogens is 2. The second-order valence-corrected chi connectivity index (χ2v) is 10.8. The number of hydrogen-bond donors (Lipinski definition) is 2. The third kappa shape index (κ3) is 6.03. The molecule has 216 valence electrons. The van der Waals surface area contributed by atoms with Gasteiger partial charge in [0.1, 0.15) is 16.5 Å². The molecule has 3 heterocycles. The summed E-state index contributed by atoms with van der Waals surface area (Å²) in [5.74, 6) is 0.427. The summed E-state index contributed by atoms with van der Waals surface area (Å²) in [6, 6.07) is 8.34. The van der Waals surface area contributed by atoms with Crippen LogP contribution < -0.4 is 20.1 Å². The number of hydrogen-bond acceptors (Lipinski definition) is 9. The van der Waals surface area contributed by atoms with Crippen molar-refractivity contribution in [1.29, 1.82) is 0 Å². The molecule has 1 aromatic heterocycles. The number of likely N-dealkylation sites (N-methyl/N-ethyl adjacent to an activating group) is 1. The summed E-state index contributed by atoms with van der Waals surface area (Å²) in [7, 11) is 6.86. The quantitative estimate of drug-likeness (QED) is 0.388. The fraction of sp³-hybridized carbons (Fsp3) is 0.357. The minimum absolute atomic E-state index is 0.0619. The molecule has 2 aliphatic heterocycles. The van der Waals surface area contributed by atoms with Crippen molar-refractivity contribution >= 4 is 46.7 Å². The van der Waals surface area contributed by atoms with Crippen molar-refractivity contribution in [2.75, 3.05) is 46.7 Å². The maximum Gasteiger partial charge on any atom is 0.258 e. The second-order valence-electron chi connectivity index (χ2n) is 9.96. The Kier molecular flexibility index (Phi) is 8.50. The monoisotopic (exact) mass is 600 g/mol. The van der Waals surface area contributed by atoms with E-state index in [1.165, 1.54) is 13.3 Å². The number of fused-ring (bicyclic) bond motifs is 1. The van der Waals surface area contributed by atoms with Crippen LogP contribution in [0.15, 0.2) is 36.5 Å². The fourth-order valence-electron chi connectivity index (χ4n) is 4.98. The minimum atomic E-state index is -0.328. The number of piperidine rings is 1. The van der Waals surface area contributed by atoms with Gasteiger partial charge in [0.15, 0.2) is 0 Å². The fourth-order valence-corrected chi connectivity index (χ4v) is 5.36. The third-order valence-electron chi connectivity index (χ3n) is 7.16. The first-order valence-electron chi connectivity index (χ1n) is 12.9. The predicted octanol–water partition coefficient (Wildman–Crippen LogP) is 4.36. The van der Waals surface area contributed by atoms with Crippen molar-refractivity contribution in [2.45, 2.75) is 25.1 Å². The number of nitrogens with zero attached hydrogens (tertiary/aromatic N) is 4. The first kappa shape index (κ1) is 28.9. The van der Waals surface area contributed by atoms with Crippen LogP contribution in [0.5, 0.6) is 17.4 Å². The van der Waals surface area contributed by atoms with E-state index >= 15 is 0 Å². The zero-order valence-corrected chi connectivity index (χ0v) is 24.5. The van der Waals surface area contributed by atoms with Gasteiger partial charge in [-0.1, -0.05) is 35.3 Å². The highest BCUT2D eigenvalue weighted by Gasteiger charge is 2.31. The van der Waals surface area contributed by atoms with Crippen LogP contribution in [0.25, 0.3) is 0 Å². The molecule has 1 fully saturated rings. The van der Waals surface area contributed by atoms with Gasteiger partial charge in [-0.15, -0.1) is 0 Å². The lowest BCUT2D eigenvalue weighted by molar-refractivity contribution is 0.0142. The molecule has 0 radical (unpaired) electrons. The number of rotatable bonds is 8. The number of amides is 2. The van der Waals surface area contributed by atoms with Crippen molar-refractivity contribution in [2.24, 2.45) is 0 Å². The topological polar surface area (TPSA) is 118 Å². The number of likely N-dealkylation sites (tertiary alicyclic amines) is 1. The van der Waals surface area contributed by atoms with Crippen molar-refractivity contribution in [3.63, 3.8) is 0 Å². The van der Waals surface area contributed by atoms with Crippen LogP contribution in [0.2, 0.25) is 10.0 Å². The van der Waals surface area contributed by atoms with E-state index < -0.39 is 0 Å². The largest absolute Gasteiger partial charge is 0.495 e. The van der Waals surface area contributed by atoms with Gasteiger partial charge in [0.05, 0.1) is 47.3 Å². The van der Waals surface area contributed by atoms with Gasteiger partial charge in [0.2, 0.25) is 11.8 Å². The van der Waals surface area contributed by atoms with E-state index in [2.05, 4.69) is 25.5 Å². The van der Waals surface area contributed by atoms with E-state index in [4.69, 9.17) is 37.4 Å². The molecule has 11 nitrogen and oxygen atoms in total. The van der Waals surface area contributed by atoms with Gasteiger partial charge in [-0.05, 0) is 43.8 Å². The maximum absolute atomic E-state index is 13.2. The van der Waals surface area contributed by atoms with E-state index in [0.29, 0.717) is 35.8 Å². The Labute approximate surface area is 247 Å². The molecule has 0 bridgehead atoms. The molecule has 0 saturated carbocycles. The molecule has 1 saturated heterocycles. The summed E-state index contributed by atoms with van der Waals surface area (Å²) in [6.07, 6.45) is 2.01. The van der Waals surface area contributed by atoms with Crippen molar-refractivity contribution in [1.82, 2.24) is 25.1 Å². The highest BCUT2D eigenvalue weighted by molar-refractivity contribution is 6.34. The van der Waals surface area contributed by atoms with Crippen molar-refractivity contribution < 1.29 is 23.8 Å². The molecule has 0 spiro atoms. The number of methoxy groups -OCH3 is 2. The molecule has 0 aliphatic carbocycles. The van der Waals surface area contributed by atoms with E-state index in [0.717, 1.165) is 18.5 Å². The summed E-state index contributed by atoms with van der Waals surface area (Å²) in [4.78, 5) is 38.2. The standard InChI is InChI=1S/C28H30Cl2N6O5/c1-35-9-8-19(23(14-35)40-4)32-25(37)16-10-22(39-3)20(11-17(16)29)33-28-31-12-18(30)26(34-28)41-21-7-5-6-15-13-36(2)27(38)24(15)21/h5-7,10-12,19,23H,8-9,13-14H2,1-4H3,(H,32,37)(H,31,33,34)/t19?,23-/m0/s1. The predicted molar refractivity (Wildman–Crippen MR) is 155 cm³/mol. The van der Waals surface area contributed by atoms with Gasteiger partial charge < -0.3 is 34.6 Å². The molecular weight excluding hydrogens is 571 g/mol. The summed E-state index contributed by atoms with van der Waals surface area (Å²) in [6.45, 7) is 2.06. The Morgan fingerprint density at radius 3 is 2.68 bits per heavy atom. The summed E-state index contributed by atoms with van der Waals surface area (Å²) < 4.78 is 17.1. The van der Waals surface area contributed by atoms with Crippen molar-refractivity contribution in [3.8, 4) is 17.4 Å². The Morgan fingerprint density at radius 1 is 1.12 bits per heavy atom. The minimum Gasteiger partial charge on any atom is -0.495 e. The Balaban J connectivity index is 1.36. The number of anilines is 2. The molecule has 3 aromatic rings. The molecule has 2 aromatic carbocycles. The van der Waals surface area contributed by atoms with Gasteiger partial charge in [0, 0.05) is 27.2 Å². The molecule has 1 unspecified atom stereocenters. The normalized spacial score (nSPS) is 18.7. The molecule has 41 heavy (non-hydrogen) atoms. The smallest absolute Gasteiger partial charge is 0.258 e. The third-order valence-corrected chi connectivity index (χ3v) is 7.73. The lowest BCUT2D eigenvalue weighted by atomic mass is 10.0. The lowest BCUT2D eigenvalue weighted by Crippen LogP contribution is -2.53. The second kappa shape index (κ2) is 12.1. The highest BCUT2D eigenvalue weighted by atomic mass is 35.5. The van der Waals surface area contributed by atoms with Crippen LogP contribution in [-0.4, -0.2) is 85.1 Å². The zero-order chi connectivity index (χ0) is 29.3. The molecular formula is C28H30Cl2N6O5. The SMILES string of the molecule is COc1cc(C(=O)NC2CCN(C)C[C@@H]2OC)c(Cl)cc1Nc1ncc(Cl)c(Oc2cccc3c2C(=O)N(C)C3)n1. The molecule has 2 aliphatic rings. The van der Waals surface area contributed by atoms with Crippen LogP contribution in [0.4, 0.5) is 11.6 Å². The first-order valence-corrected chi connectivity index (χ1v) is 13.7. The van der Waals surface area contributed by atoms with Gasteiger partial charge in [-0.2, -0.15) is 4.98 Å². The maximum atomic E-state index is 13.2. The number of benzene rings is 2. The Hall–Kier alpha value is -3.64. The van der Waals surface area contributed by atoms with Crippen LogP contribution in [0.3, 0.4) is 0 Å². The number of carbonyl (C=O) groups excluding carboxylic acids is 2. The number of aromatic nitrogens is 2. The summed E-state index contributed by atoms with van der Waals surface area (Å²) in [5, 5.41) is 6.46. The van der Waals surface area contributed by atoms with Crippen LogP contribution in [0.1, 0.15) is 32.7 Å². The average Bonchev–Trinajstić information content (AvgIpc) is 3.25. The lowest BCUT2D eigenvalue weighted by Gasteiger charge is -2.36. The number of nitrogens with one attached hydrogen (secondary N) is 2. The van der Waals surface area contributed by atoms with Crippen LogP contribution in [0, 0.1) is 0 Å². The van der Waals surface area contributed by atoms with Gasteiger partial charge in [0.25, 0.3) is 11.8 Å². The van der Waals surface area contributed by atoms with Gasteiger partial charge in [-0.3, -0.25) is 9.59 Å². The molecule has 13 heteroatoms. The van der Waals surface area contributed by atoms with Crippen LogP contribution >= 0.6 is 23.2 Å². The average molecular weight is 601 g/mol. The molecule has 2 amide bonds. The number of ether oxygens (including phenoxy) is 3. The Bertz CT molecular complexity index is 1490. The van der Waals surface area contributed by atoms with E-state index in [9.17, 15) is 9.59 Å². The van der Waals surface area contributed by atoms with Crippen LogP contribution in [-0.2, 0) is 11.3 Å². The van der Waals surface area contributed by atoms with E-state index in [1.807, 2.05) is 19.2 Å². The summed E-state index contributed by atoms with van der Waals surface area (Å²) >= 11 is 12.9. The zero-order valence-electron chi connectivity index (χ0n) is 23.0. The van der Waals surface area contributed by atoms with Crippen molar-refractivity contribution in [3.05, 3.63) is 63.3 Å². The van der Waals surface area contributed by atoms with Gasteiger partial charge in [-0.25, -0.2) is 4.98 Å². The Morgan fingerprint density at radius 2 is 1.93 bits per heavy atom. The molecule has 2 N–H and O–H groups in total. The molecule has 5 rings (SSSR count). The highest BCUT2D eigenvalue weighted by Crippen LogP contribution is 2.37.